The fraction of sp³-hybridized carbons (Fsp3) is 0.188. The minimum Gasteiger partial charge on any atom is -0.489 e. The number of rotatable bonds is 4. The van der Waals surface area contributed by atoms with E-state index < -0.39 is 0 Å². The van der Waals surface area contributed by atoms with Gasteiger partial charge in [0.05, 0.1) is 11.6 Å². The Bertz CT molecular complexity index is 647. The fourth-order valence-corrected chi connectivity index (χ4v) is 2.11. The van der Waals surface area contributed by atoms with E-state index in [4.69, 9.17) is 27.3 Å². The summed E-state index contributed by atoms with van der Waals surface area (Å²) < 4.78 is 5.79. The Hall–Kier alpha value is -2.02. The van der Waals surface area contributed by atoms with Gasteiger partial charge in [-0.05, 0) is 25.1 Å². The predicted octanol–water partition coefficient (Wildman–Crippen LogP) is 3.81. The number of para-hydroxylation sites is 1. The van der Waals surface area contributed by atoms with E-state index in [1.54, 1.807) is 18.2 Å². The summed E-state index contributed by atoms with van der Waals surface area (Å²) in [6, 6.07) is 14.8. The maximum absolute atomic E-state index is 8.80. The van der Waals surface area contributed by atoms with Gasteiger partial charge in [0.2, 0.25) is 0 Å². The van der Waals surface area contributed by atoms with E-state index in [1.165, 1.54) is 0 Å². The Morgan fingerprint density at radius 2 is 2.05 bits per heavy atom. The van der Waals surface area contributed by atoms with E-state index in [0.29, 0.717) is 17.2 Å². The van der Waals surface area contributed by atoms with Crippen LogP contribution in [0.4, 0.5) is 0 Å². The van der Waals surface area contributed by atoms with Crippen LogP contribution in [0.2, 0.25) is 5.02 Å². The van der Waals surface area contributed by atoms with Crippen LogP contribution >= 0.6 is 11.6 Å². The van der Waals surface area contributed by atoms with E-state index in [-0.39, 0.29) is 6.04 Å². The van der Waals surface area contributed by atoms with Crippen molar-refractivity contribution in [3.8, 4) is 11.8 Å². The molecule has 0 aliphatic carbocycles. The number of nitriles is 1. The molecule has 0 aliphatic heterocycles. The summed E-state index contributed by atoms with van der Waals surface area (Å²) in [6.07, 6.45) is 0. The van der Waals surface area contributed by atoms with Gasteiger partial charge >= 0.3 is 0 Å². The highest BCUT2D eigenvalue weighted by Crippen LogP contribution is 2.25. The van der Waals surface area contributed by atoms with E-state index >= 15 is 0 Å². The predicted molar refractivity (Wildman–Crippen MR) is 79.5 cm³/mol. The van der Waals surface area contributed by atoms with Gasteiger partial charge in [-0.2, -0.15) is 5.26 Å². The summed E-state index contributed by atoms with van der Waals surface area (Å²) in [6.45, 7) is 2.26. The number of hydrogen-bond acceptors (Lipinski definition) is 3. The molecule has 2 aromatic carbocycles. The van der Waals surface area contributed by atoms with Crippen LogP contribution in [-0.2, 0) is 6.61 Å². The average Bonchev–Trinajstić information content (AvgIpc) is 2.46. The molecule has 0 saturated carbocycles. The number of ether oxygens (including phenoxy) is 1. The first-order valence-corrected chi connectivity index (χ1v) is 6.65. The van der Waals surface area contributed by atoms with Crippen molar-refractivity contribution in [1.82, 2.24) is 0 Å². The molecule has 0 heterocycles. The van der Waals surface area contributed by atoms with Gasteiger partial charge in [0.1, 0.15) is 12.4 Å². The Morgan fingerprint density at radius 3 is 2.70 bits per heavy atom. The van der Waals surface area contributed by atoms with Gasteiger partial charge in [0.15, 0.2) is 0 Å². The zero-order chi connectivity index (χ0) is 14.5. The Kier molecular flexibility index (Phi) is 4.62. The maximum atomic E-state index is 8.80. The topological polar surface area (TPSA) is 59.0 Å². The normalized spacial score (nSPS) is 11.7. The number of nitrogens with two attached hydrogens (primary N) is 1. The summed E-state index contributed by atoms with van der Waals surface area (Å²) >= 11 is 6.12. The lowest BCUT2D eigenvalue weighted by Gasteiger charge is -2.14. The molecule has 0 saturated heterocycles. The number of hydrogen-bond donors (Lipinski definition) is 1. The quantitative estimate of drug-likeness (QED) is 0.930. The van der Waals surface area contributed by atoms with Crippen molar-refractivity contribution in [2.45, 2.75) is 19.6 Å². The zero-order valence-corrected chi connectivity index (χ0v) is 11.9. The van der Waals surface area contributed by atoms with Crippen molar-refractivity contribution in [2.75, 3.05) is 0 Å². The molecule has 0 aromatic heterocycles. The van der Waals surface area contributed by atoms with Crippen LogP contribution in [0.5, 0.6) is 5.75 Å². The Balaban J connectivity index is 2.15. The molecule has 0 fully saturated rings. The molecule has 102 valence electrons. The summed E-state index contributed by atoms with van der Waals surface area (Å²) in [5, 5.41) is 9.33. The van der Waals surface area contributed by atoms with Crippen LogP contribution in [0.3, 0.4) is 0 Å². The van der Waals surface area contributed by atoms with Crippen molar-refractivity contribution in [2.24, 2.45) is 5.73 Å². The van der Waals surface area contributed by atoms with Crippen molar-refractivity contribution < 1.29 is 4.74 Å². The molecule has 1 atom stereocenters. The summed E-state index contributed by atoms with van der Waals surface area (Å²) in [7, 11) is 0. The minimum absolute atomic E-state index is 0.0948. The highest BCUT2D eigenvalue weighted by atomic mass is 35.5. The van der Waals surface area contributed by atoms with Gasteiger partial charge in [-0.15, -0.1) is 0 Å². The van der Waals surface area contributed by atoms with Crippen LogP contribution in [0.25, 0.3) is 0 Å². The minimum atomic E-state index is -0.0948. The molecule has 3 nitrogen and oxygen atoms in total. The first-order valence-electron chi connectivity index (χ1n) is 6.27. The smallest absolute Gasteiger partial charge is 0.124 e. The van der Waals surface area contributed by atoms with Gasteiger partial charge in [-0.25, -0.2) is 0 Å². The molecule has 0 radical (unpaired) electrons. The summed E-state index contributed by atoms with van der Waals surface area (Å²) in [4.78, 5) is 0. The Morgan fingerprint density at radius 1 is 1.30 bits per heavy atom. The lowest BCUT2D eigenvalue weighted by Crippen LogP contribution is -2.08. The summed E-state index contributed by atoms with van der Waals surface area (Å²) in [5.74, 6) is 0.753. The van der Waals surface area contributed by atoms with Crippen LogP contribution in [0, 0.1) is 11.3 Å². The molecule has 0 amide bonds. The molecule has 20 heavy (non-hydrogen) atoms. The van der Waals surface area contributed by atoms with Gasteiger partial charge in [-0.1, -0.05) is 35.9 Å². The standard InChI is InChI=1S/C16H15ClN2O/c1-11(19)14-4-2-3-5-16(14)20-10-13-7-6-12(9-18)8-15(13)17/h2-8,11H,10,19H2,1H3/t11-/m0/s1. The zero-order valence-electron chi connectivity index (χ0n) is 11.1. The van der Waals surface area contributed by atoms with E-state index in [2.05, 4.69) is 6.07 Å². The van der Waals surface area contributed by atoms with Crippen LogP contribution in [0.1, 0.15) is 29.7 Å². The van der Waals surface area contributed by atoms with E-state index in [1.807, 2.05) is 31.2 Å². The molecular weight excluding hydrogens is 272 g/mol. The first-order chi connectivity index (χ1) is 9.61. The molecule has 4 heteroatoms. The van der Waals surface area contributed by atoms with Crippen LogP contribution in [0.15, 0.2) is 42.5 Å². The van der Waals surface area contributed by atoms with Crippen molar-refractivity contribution in [3.05, 3.63) is 64.2 Å². The van der Waals surface area contributed by atoms with E-state index in [9.17, 15) is 0 Å². The monoisotopic (exact) mass is 286 g/mol. The molecule has 0 bridgehead atoms. The number of halogens is 1. The lowest BCUT2D eigenvalue weighted by atomic mass is 10.1. The second kappa shape index (κ2) is 6.42. The van der Waals surface area contributed by atoms with Gasteiger partial charge in [0, 0.05) is 22.2 Å². The van der Waals surface area contributed by atoms with Crippen molar-refractivity contribution >= 4 is 11.6 Å². The van der Waals surface area contributed by atoms with E-state index in [0.717, 1.165) is 16.9 Å². The average molecular weight is 287 g/mol. The third kappa shape index (κ3) is 3.30. The first kappa shape index (κ1) is 14.4. The largest absolute Gasteiger partial charge is 0.489 e. The lowest BCUT2D eigenvalue weighted by molar-refractivity contribution is 0.301. The highest BCUT2D eigenvalue weighted by molar-refractivity contribution is 6.31. The second-order valence-electron chi connectivity index (χ2n) is 4.53. The molecule has 2 aromatic rings. The molecule has 2 rings (SSSR count). The molecule has 2 N–H and O–H groups in total. The molecule has 0 unspecified atom stereocenters. The SMILES string of the molecule is C[C@H](N)c1ccccc1OCc1ccc(C#N)cc1Cl. The number of benzene rings is 2. The second-order valence-corrected chi connectivity index (χ2v) is 4.94. The van der Waals surface area contributed by atoms with Gasteiger partial charge < -0.3 is 10.5 Å². The van der Waals surface area contributed by atoms with Crippen LogP contribution < -0.4 is 10.5 Å². The van der Waals surface area contributed by atoms with Crippen molar-refractivity contribution in [1.29, 1.82) is 5.26 Å². The summed E-state index contributed by atoms with van der Waals surface area (Å²) in [5.41, 5.74) is 8.24. The number of nitrogens with zero attached hydrogens (tertiary/aromatic N) is 1. The molecule has 0 spiro atoms. The van der Waals surface area contributed by atoms with Gasteiger partial charge in [0.25, 0.3) is 0 Å². The molecule has 0 aliphatic rings. The van der Waals surface area contributed by atoms with Crippen molar-refractivity contribution in [3.63, 3.8) is 0 Å². The van der Waals surface area contributed by atoms with Crippen LogP contribution in [-0.4, -0.2) is 0 Å². The Labute approximate surface area is 123 Å². The molecular formula is C16H15ClN2O. The highest BCUT2D eigenvalue weighted by Gasteiger charge is 2.08. The third-order valence-electron chi connectivity index (χ3n) is 2.97. The fourth-order valence-electron chi connectivity index (χ4n) is 1.88. The third-order valence-corrected chi connectivity index (χ3v) is 3.33. The maximum Gasteiger partial charge on any atom is 0.124 e. The van der Waals surface area contributed by atoms with Gasteiger partial charge in [-0.3, -0.25) is 0 Å².